The van der Waals surface area contributed by atoms with Gasteiger partial charge < -0.3 is 9.72 Å². The van der Waals surface area contributed by atoms with E-state index in [0.717, 1.165) is 10.9 Å². The lowest BCUT2D eigenvalue weighted by Gasteiger charge is -2.15. The molecular weight excluding hydrogens is 470 g/mol. The topological polar surface area (TPSA) is 141 Å². The first kappa shape index (κ1) is 21.4. The lowest BCUT2D eigenvalue weighted by Crippen LogP contribution is -2.29. The number of fused-ring (bicyclic) bond motifs is 2. The molecule has 0 spiro atoms. The number of aromatic nitrogens is 6. The maximum atomic E-state index is 13.1. The van der Waals surface area contributed by atoms with Gasteiger partial charge in [-0.1, -0.05) is 16.7 Å². The minimum atomic E-state index is -4.01. The van der Waals surface area contributed by atoms with Gasteiger partial charge in [0.15, 0.2) is 16.9 Å². The number of nitrogens with one attached hydrogen (secondary N) is 2. The van der Waals surface area contributed by atoms with Crippen LogP contribution in [0.2, 0.25) is 5.02 Å². The Morgan fingerprint density at radius 2 is 2.00 bits per heavy atom. The summed E-state index contributed by atoms with van der Waals surface area (Å²) in [7, 11) is -4.01. The minimum Gasteiger partial charge on any atom is -0.424 e. The van der Waals surface area contributed by atoms with Gasteiger partial charge in [0.05, 0.1) is 11.1 Å². The third-order valence-electron chi connectivity index (χ3n) is 5.14. The van der Waals surface area contributed by atoms with E-state index >= 15 is 0 Å². The molecule has 33 heavy (non-hydrogen) atoms. The molecule has 0 bridgehead atoms. The number of halogens is 1. The number of H-pyrrole nitrogens is 1. The predicted molar refractivity (Wildman–Crippen MR) is 120 cm³/mol. The maximum absolute atomic E-state index is 13.1. The molecule has 170 valence electrons. The molecule has 0 radical (unpaired) electrons. The van der Waals surface area contributed by atoms with E-state index in [1.807, 2.05) is 37.4 Å². The van der Waals surface area contributed by atoms with E-state index in [9.17, 15) is 8.42 Å². The first-order valence-electron chi connectivity index (χ1n) is 9.98. The Morgan fingerprint density at radius 1 is 1.18 bits per heavy atom. The van der Waals surface area contributed by atoms with Crippen molar-refractivity contribution in [2.45, 2.75) is 31.3 Å². The second-order valence-electron chi connectivity index (χ2n) is 7.26. The van der Waals surface area contributed by atoms with Crippen molar-refractivity contribution in [2.24, 2.45) is 0 Å². The molecule has 0 saturated carbocycles. The van der Waals surface area contributed by atoms with Crippen LogP contribution in [-0.4, -0.2) is 38.5 Å². The number of aromatic amines is 1. The standard InChI is InChI=1S/C20H18ClN7O4S/c1-3-28-19(23-24-20(28)31-13-5-4-12-8-9-22-15(12)10-13)11(2)27-33(29,30)16-7-6-14(21)17-18(16)26-32-25-17/h4-11,22,27H,3H2,1-2H3/t11-/m1/s1. The molecule has 11 nitrogen and oxygen atoms in total. The first-order chi connectivity index (χ1) is 15.9. The summed E-state index contributed by atoms with van der Waals surface area (Å²) in [6, 6.07) is 9.87. The van der Waals surface area contributed by atoms with E-state index in [1.54, 1.807) is 11.5 Å². The highest BCUT2D eigenvalue weighted by molar-refractivity contribution is 7.89. The molecule has 0 aliphatic heterocycles. The zero-order valence-electron chi connectivity index (χ0n) is 17.5. The number of ether oxygens (including phenoxy) is 1. The molecule has 0 aliphatic carbocycles. The highest BCUT2D eigenvalue weighted by atomic mass is 35.5. The van der Waals surface area contributed by atoms with Crippen LogP contribution >= 0.6 is 11.6 Å². The first-order valence-corrected chi connectivity index (χ1v) is 11.8. The smallest absolute Gasteiger partial charge is 0.322 e. The van der Waals surface area contributed by atoms with Crippen LogP contribution < -0.4 is 9.46 Å². The molecule has 2 N–H and O–H groups in total. The van der Waals surface area contributed by atoms with E-state index in [1.165, 1.54) is 12.1 Å². The molecular formula is C20H18ClN7O4S. The largest absolute Gasteiger partial charge is 0.424 e. The number of rotatable bonds is 7. The Morgan fingerprint density at radius 3 is 2.82 bits per heavy atom. The summed E-state index contributed by atoms with van der Waals surface area (Å²) in [5.41, 5.74) is 1.13. The summed E-state index contributed by atoms with van der Waals surface area (Å²) < 4.78 is 41.1. The molecule has 1 atom stereocenters. The highest BCUT2D eigenvalue weighted by Crippen LogP contribution is 2.29. The fraction of sp³-hybridized carbons (Fsp3) is 0.200. The second-order valence-corrected chi connectivity index (χ2v) is 9.35. The van der Waals surface area contributed by atoms with E-state index in [-0.39, 0.29) is 27.0 Å². The Bertz CT molecular complexity index is 1570. The van der Waals surface area contributed by atoms with Crippen molar-refractivity contribution >= 4 is 43.6 Å². The number of nitrogens with zero attached hydrogens (tertiary/aromatic N) is 5. The zero-order chi connectivity index (χ0) is 23.2. The van der Waals surface area contributed by atoms with Gasteiger partial charge in [-0.15, -0.1) is 5.10 Å². The molecule has 13 heteroatoms. The summed E-state index contributed by atoms with van der Waals surface area (Å²) in [5.74, 6) is 0.967. The van der Waals surface area contributed by atoms with Crippen LogP contribution in [0, 0.1) is 0 Å². The Labute approximate surface area is 192 Å². The minimum absolute atomic E-state index is 0.0443. The molecule has 2 aromatic carbocycles. The number of hydrogen-bond acceptors (Lipinski definition) is 8. The Balaban J connectivity index is 1.42. The van der Waals surface area contributed by atoms with Crippen LogP contribution in [0.15, 0.2) is 52.1 Å². The number of sulfonamides is 1. The normalized spacial score (nSPS) is 13.1. The van der Waals surface area contributed by atoms with Crippen LogP contribution in [0.25, 0.3) is 21.9 Å². The van der Waals surface area contributed by atoms with Gasteiger partial charge in [-0.3, -0.25) is 4.57 Å². The van der Waals surface area contributed by atoms with E-state index in [4.69, 9.17) is 16.3 Å². The fourth-order valence-corrected chi connectivity index (χ4v) is 5.09. The van der Waals surface area contributed by atoms with Crippen LogP contribution in [0.4, 0.5) is 0 Å². The highest BCUT2D eigenvalue weighted by Gasteiger charge is 2.27. The van der Waals surface area contributed by atoms with Gasteiger partial charge >= 0.3 is 6.01 Å². The van der Waals surface area contributed by atoms with E-state index in [0.29, 0.717) is 18.1 Å². The van der Waals surface area contributed by atoms with E-state index < -0.39 is 16.1 Å². The summed E-state index contributed by atoms with van der Waals surface area (Å²) in [6.07, 6.45) is 1.85. The summed E-state index contributed by atoms with van der Waals surface area (Å²) in [4.78, 5) is 3.03. The number of benzene rings is 2. The van der Waals surface area contributed by atoms with Gasteiger partial charge in [-0.05, 0) is 59.9 Å². The average Bonchev–Trinajstić information content (AvgIpc) is 3.52. The Kier molecular flexibility index (Phi) is 5.27. The monoisotopic (exact) mass is 487 g/mol. The second kappa shape index (κ2) is 8.14. The van der Waals surface area contributed by atoms with Crippen molar-refractivity contribution in [1.82, 2.24) is 34.8 Å². The summed E-state index contributed by atoms with van der Waals surface area (Å²) in [6.45, 7) is 4.02. The van der Waals surface area contributed by atoms with Gasteiger partial charge in [0.2, 0.25) is 10.0 Å². The van der Waals surface area contributed by atoms with Crippen molar-refractivity contribution in [3.05, 3.63) is 53.4 Å². The lowest BCUT2D eigenvalue weighted by molar-refractivity contribution is 0.315. The van der Waals surface area contributed by atoms with Crippen molar-refractivity contribution in [2.75, 3.05) is 0 Å². The molecule has 0 fully saturated rings. The van der Waals surface area contributed by atoms with Gasteiger partial charge in [-0.2, -0.15) is 0 Å². The molecule has 5 aromatic rings. The molecule has 0 aliphatic rings. The van der Waals surface area contributed by atoms with Crippen LogP contribution in [0.3, 0.4) is 0 Å². The third-order valence-corrected chi connectivity index (χ3v) is 7.01. The van der Waals surface area contributed by atoms with Crippen molar-refractivity contribution in [1.29, 1.82) is 0 Å². The van der Waals surface area contributed by atoms with Crippen LogP contribution in [0.1, 0.15) is 25.7 Å². The Hall–Kier alpha value is -3.48. The maximum Gasteiger partial charge on any atom is 0.322 e. The number of hydrogen-bond donors (Lipinski definition) is 2. The molecule has 3 aromatic heterocycles. The van der Waals surface area contributed by atoms with Gasteiger partial charge in [0.1, 0.15) is 10.6 Å². The molecule has 0 unspecified atom stereocenters. The van der Waals surface area contributed by atoms with Crippen molar-refractivity contribution in [3.63, 3.8) is 0 Å². The lowest BCUT2D eigenvalue weighted by atomic mass is 10.2. The molecule has 0 amide bonds. The fourth-order valence-electron chi connectivity index (χ4n) is 3.57. The summed E-state index contributed by atoms with van der Waals surface area (Å²) in [5, 5.41) is 16.9. The SMILES string of the molecule is CCn1c(Oc2ccc3cc[nH]c3c2)nnc1[C@@H](C)NS(=O)(=O)c1ccc(Cl)c2nonc12. The van der Waals surface area contributed by atoms with Gasteiger partial charge in [-0.25, -0.2) is 17.8 Å². The predicted octanol–water partition coefficient (Wildman–Crippen LogP) is 3.80. The average molecular weight is 488 g/mol. The quantitative estimate of drug-likeness (QED) is 0.353. The molecule has 0 saturated heterocycles. The molecule has 3 heterocycles. The zero-order valence-corrected chi connectivity index (χ0v) is 19.1. The van der Waals surface area contributed by atoms with Crippen molar-refractivity contribution < 1.29 is 17.8 Å². The van der Waals surface area contributed by atoms with Gasteiger partial charge in [0, 0.05) is 24.3 Å². The van der Waals surface area contributed by atoms with E-state index in [2.05, 4.69) is 34.8 Å². The van der Waals surface area contributed by atoms with Crippen LogP contribution in [0.5, 0.6) is 11.8 Å². The van der Waals surface area contributed by atoms with Crippen molar-refractivity contribution in [3.8, 4) is 11.8 Å². The third kappa shape index (κ3) is 3.81. The summed E-state index contributed by atoms with van der Waals surface area (Å²) >= 11 is 6.04. The van der Waals surface area contributed by atoms with Gasteiger partial charge in [0.25, 0.3) is 0 Å². The molecule has 5 rings (SSSR count). The van der Waals surface area contributed by atoms with Crippen LogP contribution in [-0.2, 0) is 16.6 Å².